The van der Waals surface area contributed by atoms with Crippen molar-refractivity contribution in [3.8, 4) is 0 Å². The summed E-state index contributed by atoms with van der Waals surface area (Å²) in [6.07, 6.45) is 0.760. The largest absolute Gasteiger partial charge is 0.478 e. The Labute approximate surface area is 209 Å². The van der Waals surface area contributed by atoms with Crippen molar-refractivity contribution in [1.29, 1.82) is 0 Å². The van der Waals surface area contributed by atoms with Gasteiger partial charge in [-0.1, -0.05) is 118 Å². The van der Waals surface area contributed by atoms with E-state index in [1.807, 2.05) is 12.1 Å². The van der Waals surface area contributed by atoms with Gasteiger partial charge in [-0.15, -0.1) is 0 Å². The molecule has 0 saturated heterocycles. The summed E-state index contributed by atoms with van der Waals surface area (Å²) < 4.78 is 7.03. The molecule has 0 saturated carbocycles. The molecule has 178 valence electrons. The van der Waals surface area contributed by atoms with Gasteiger partial charge in [0, 0.05) is 0 Å². The average molecular weight is 481 g/mol. The Bertz CT molecular complexity index is 1200. The van der Waals surface area contributed by atoms with Gasteiger partial charge in [-0.05, 0) is 50.7 Å². The molecular weight excluding hydrogens is 448 g/mol. The molecule has 0 aromatic heterocycles. The summed E-state index contributed by atoms with van der Waals surface area (Å²) in [5, 5.41) is 11.6. The zero-order chi connectivity index (χ0) is 24.9. The number of carboxylic acids is 1. The molecule has 0 aliphatic heterocycles. The third-order valence-electron chi connectivity index (χ3n) is 6.50. The molecule has 4 aromatic rings. The smallest absolute Gasteiger partial charge is 0.335 e. The molecule has 3 nitrogen and oxygen atoms in total. The molecule has 0 bridgehead atoms. The molecular formula is C31H32O3Si. The summed E-state index contributed by atoms with van der Waals surface area (Å²) >= 11 is 0. The maximum atomic E-state index is 11.1. The molecule has 35 heavy (non-hydrogen) atoms. The zero-order valence-electron chi connectivity index (χ0n) is 20.6. The lowest BCUT2D eigenvalue weighted by molar-refractivity contribution is 0.0697. The fraction of sp³-hybridized carbons (Fsp3) is 0.194. The van der Waals surface area contributed by atoms with E-state index in [1.165, 1.54) is 15.9 Å². The van der Waals surface area contributed by atoms with E-state index in [-0.39, 0.29) is 5.04 Å². The van der Waals surface area contributed by atoms with E-state index in [4.69, 9.17) is 9.53 Å². The highest BCUT2D eigenvalue weighted by molar-refractivity contribution is 6.99. The molecule has 4 rings (SSSR count). The van der Waals surface area contributed by atoms with Crippen molar-refractivity contribution in [3.05, 3.63) is 131 Å². The van der Waals surface area contributed by atoms with E-state index in [1.54, 1.807) is 12.1 Å². The van der Waals surface area contributed by atoms with Crippen LogP contribution in [0.5, 0.6) is 0 Å². The van der Waals surface area contributed by atoms with Gasteiger partial charge in [0.25, 0.3) is 8.32 Å². The van der Waals surface area contributed by atoms with Crippen molar-refractivity contribution in [3.63, 3.8) is 0 Å². The summed E-state index contributed by atoms with van der Waals surface area (Å²) in [6, 6.07) is 37.0. The van der Waals surface area contributed by atoms with E-state index in [2.05, 4.69) is 106 Å². The van der Waals surface area contributed by atoms with Gasteiger partial charge in [-0.2, -0.15) is 0 Å². The normalized spacial score (nSPS) is 11.9. The highest BCUT2D eigenvalue weighted by atomic mass is 28.4. The van der Waals surface area contributed by atoms with Crippen molar-refractivity contribution >= 4 is 24.7 Å². The van der Waals surface area contributed by atoms with Crippen LogP contribution in [0.3, 0.4) is 0 Å². The third-order valence-corrected chi connectivity index (χ3v) is 11.5. The average Bonchev–Trinajstić information content (AvgIpc) is 2.86. The van der Waals surface area contributed by atoms with Crippen LogP contribution in [0.15, 0.2) is 109 Å². The van der Waals surface area contributed by atoms with Crippen molar-refractivity contribution in [2.24, 2.45) is 0 Å². The molecule has 0 aliphatic carbocycles. The van der Waals surface area contributed by atoms with Gasteiger partial charge in [0.2, 0.25) is 0 Å². The second kappa shape index (κ2) is 10.4. The molecule has 4 aromatic carbocycles. The zero-order valence-corrected chi connectivity index (χ0v) is 21.6. The van der Waals surface area contributed by atoms with Gasteiger partial charge in [-0.3, -0.25) is 0 Å². The van der Waals surface area contributed by atoms with E-state index in [0.29, 0.717) is 12.2 Å². The van der Waals surface area contributed by atoms with Crippen LogP contribution in [0.1, 0.15) is 47.8 Å². The summed E-state index contributed by atoms with van der Waals surface area (Å²) in [5.41, 5.74) is 3.72. The Balaban J connectivity index is 1.57. The van der Waals surface area contributed by atoms with Gasteiger partial charge in [-0.25, -0.2) is 4.79 Å². The second-order valence-corrected chi connectivity index (χ2v) is 14.3. The molecule has 4 heteroatoms. The van der Waals surface area contributed by atoms with Crippen LogP contribution in [0.2, 0.25) is 5.04 Å². The quantitative estimate of drug-likeness (QED) is 0.312. The molecule has 1 N–H and O–H groups in total. The van der Waals surface area contributed by atoms with Crippen LogP contribution in [0.25, 0.3) is 0 Å². The SMILES string of the molecule is CC(C)(C)[Si](OCc1ccc(Cc2ccc(C(=O)O)cc2)cc1)(c1ccccc1)c1ccccc1. The van der Waals surface area contributed by atoms with Crippen molar-refractivity contribution < 1.29 is 14.3 Å². The summed E-state index contributed by atoms with van der Waals surface area (Å²) in [7, 11) is -2.57. The van der Waals surface area contributed by atoms with Gasteiger partial charge >= 0.3 is 5.97 Å². The monoisotopic (exact) mass is 480 g/mol. The Morgan fingerprint density at radius 2 is 1.11 bits per heavy atom. The van der Waals surface area contributed by atoms with Crippen molar-refractivity contribution in [1.82, 2.24) is 0 Å². The standard InChI is InChI=1S/C31H32O3Si/c1-31(2,3)35(28-10-6-4-7-11-28,29-12-8-5-9-13-29)34-23-26-16-14-24(15-17-26)22-25-18-20-27(21-19-25)30(32)33/h4-21H,22-23H2,1-3H3,(H,32,33). The first-order valence-electron chi connectivity index (χ1n) is 11.9. The Kier molecular flexibility index (Phi) is 7.34. The maximum Gasteiger partial charge on any atom is 0.335 e. The minimum absolute atomic E-state index is 0.0578. The molecule has 0 fully saturated rings. The highest BCUT2D eigenvalue weighted by Gasteiger charge is 2.50. The van der Waals surface area contributed by atoms with Crippen LogP contribution in [0.4, 0.5) is 0 Å². The Morgan fingerprint density at radius 1 is 0.686 bits per heavy atom. The number of rotatable bonds is 8. The summed E-state index contributed by atoms with van der Waals surface area (Å²) in [5.74, 6) is -0.901. The lowest BCUT2D eigenvalue weighted by Crippen LogP contribution is -2.66. The van der Waals surface area contributed by atoms with Crippen molar-refractivity contribution in [2.45, 2.75) is 38.8 Å². The van der Waals surface area contributed by atoms with Crippen LogP contribution >= 0.6 is 0 Å². The fourth-order valence-corrected chi connectivity index (χ4v) is 9.25. The first-order chi connectivity index (χ1) is 16.8. The number of hydrogen-bond donors (Lipinski definition) is 1. The fourth-order valence-electron chi connectivity index (χ4n) is 4.71. The molecule has 0 aliphatic rings. The number of carbonyl (C=O) groups is 1. The lowest BCUT2D eigenvalue weighted by Gasteiger charge is -2.43. The Hall–Kier alpha value is -3.47. The summed E-state index contributed by atoms with van der Waals surface area (Å²) in [6.45, 7) is 7.41. The Morgan fingerprint density at radius 3 is 1.54 bits per heavy atom. The number of hydrogen-bond acceptors (Lipinski definition) is 2. The summed E-state index contributed by atoms with van der Waals surface area (Å²) in [4.78, 5) is 11.1. The van der Waals surface area contributed by atoms with Gasteiger partial charge in [0.1, 0.15) is 0 Å². The molecule has 0 radical (unpaired) electrons. The second-order valence-electron chi connectivity index (χ2n) is 9.95. The molecule has 0 unspecified atom stereocenters. The van der Waals surface area contributed by atoms with Gasteiger partial charge in [0.15, 0.2) is 0 Å². The number of carboxylic acid groups (broad SMARTS) is 1. The van der Waals surface area contributed by atoms with Crippen molar-refractivity contribution in [2.75, 3.05) is 0 Å². The van der Waals surface area contributed by atoms with Gasteiger partial charge in [0.05, 0.1) is 12.2 Å². The molecule has 0 atom stereocenters. The lowest BCUT2D eigenvalue weighted by atomic mass is 10.0. The number of benzene rings is 4. The van der Waals surface area contributed by atoms with Gasteiger partial charge < -0.3 is 9.53 Å². The first kappa shape index (κ1) is 24.6. The van der Waals surface area contributed by atoms with E-state index >= 15 is 0 Å². The minimum Gasteiger partial charge on any atom is -0.478 e. The predicted octanol–water partition coefficient (Wildman–Crippen LogP) is 6.05. The molecule has 0 spiro atoms. The van der Waals surface area contributed by atoms with E-state index in [0.717, 1.165) is 17.5 Å². The third kappa shape index (κ3) is 5.45. The van der Waals surface area contributed by atoms with Crippen LogP contribution in [-0.4, -0.2) is 19.4 Å². The highest BCUT2D eigenvalue weighted by Crippen LogP contribution is 2.37. The molecule has 0 amide bonds. The van der Waals surface area contributed by atoms with Crippen LogP contribution < -0.4 is 10.4 Å². The first-order valence-corrected chi connectivity index (χ1v) is 13.9. The van der Waals surface area contributed by atoms with E-state index in [9.17, 15) is 4.79 Å². The van der Waals surface area contributed by atoms with E-state index < -0.39 is 14.3 Å². The topological polar surface area (TPSA) is 46.5 Å². The van der Waals surface area contributed by atoms with Crippen LogP contribution in [-0.2, 0) is 17.5 Å². The predicted molar refractivity (Wildman–Crippen MR) is 145 cm³/mol. The minimum atomic E-state index is -2.57. The maximum absolute atomic E-state index is 11.1. The molecule has 0 heterocycles. The van der Waals surface area contributed by atoms with Crippen LogP contribution in [0, 0.1) is 0 Å². The number of aromatic carboxylic acids is 1.